The number of methoxy groups -OCH3 is 1. The number of halogens is 1. The maximum atomic E-state index is 8.70. The van der Waals surface area contributed by atoms with E-state index in [1.54, 1.807) is 7.11 Å². The van der Waals surface area contributed by atoms with Crippen molar-refractivity contribution >= 4 is 21.6 Å². The summed E-state index contributed by atoms with van der Waals surface area (Å²) >= 11 is 3.42. The topological polar surface area (TPSA) is 45.0 Å². The molecule has 0 aliphatic heterocycles. The van der Waals surface area contributed by atoms with Gasteiger partial charge in [-0.15, -0.1) is 0 Å². The van der Waals surface area contributed by atoms with E-state index in [4.69, 9.17) is 10.00 Å². The lowest BCUT2D eigenvalue weighted by molar-refractivity contribution is 0.415. The van der Waals surface area contributed by atoms with Crippen LogP contribution in [0.25, 0.3) is 0 Å². The summed E-state index contributed by atoms with van der Waals surface area (Å²) < 4.78 is 6.25. The molecule has 0 fully saturated rings. The fraction of sp³-hybridized carbons (Fsp3) is 0.417. The van der Waals surface area contributed by atoms with E-state index in [0.717, 1.165) is 22.3 Å². The number of benzene rings is 1. The highest BCUT2D eigenvalue weighted by molar-refractivity contribution is 9.10. The minimum absolute atomic E-state index is 0.160. The van der Waals surface area contributed by atoms with Crippen LogP contribution in [0.1, 0.15) is 19.8 Å². The maximum absolute atomic E-state index is 8.70. The molecule has 0 heterocycles. The van der Waals surface area contributed by atoms with E-state index < -0.39 is 0 Å². The zero-order chi connectivity index (χ0) is 12.0. The molecule has 0 aliphatic rings. The molecule has 3 nitrogen and oxygen atoms in total. The lowest BCUT2D eigenvalue weighted by Crippen LogP contribution is -2.18. The van der Waals surface area contributed by atoms with E-state index in [1.807, 2.05) is 18.2 Å². The fourth-order valence-electron chi connectivity index (χ4n) is 1.42. The van der Waals surface area contributed by atoms with Crippen molar-refractivity contribution in [2.45, 2.75) is 25.8 Å². The predicted octanol–water partition coefficient (Wildman–Crippen LogP) is 3.56. The molecule has 0 saturated heterocycles. The summed E-state index contributed by atoms with van der Waals surface area (Å²) in [6, 6.07) is 8.11. The summed E-state index contributed by atoms with van der Waals surface area (Å²) in [5.74, 6) is 0.791. The number of ether oxygens (including phenoxy) is 1. The molecule has 1 N–H and O–H groups in total. The lowest BCUT2D eigenvalue weighted by atomic mass is 10.1. The number of nitrogens with zero attached hydrogens (tertiary/aromatic N) is 1. The third-order valence-electron chi connectivity index (χ3n) is 2.35. The van der Waals surface area contributed by atoms with E-state index in [1.165, 1.54) is 0 Å². The van der Waals surface area contributed by atoms with Gasteiger partial charge in [0.05, 0.1) is 25.3 Å². The van der Waals surface area contributed by atoms with Crippen molar-refractivity contribution in [2.24, 2.45) is 0 Å². The van der Waals surface area contributed by atoms with Crippen LogP contribution in [0.15, 0.2) is 22.7 Å². The van der Waals surface area contributed by atoms with Crippen molar-refractivity contribution in [3.05, 3.63) is 22.7 Å². The van der Waals surface area contributed by atoms with Gasteiger partial charge >= 0.3 is 0 Å². The molecule has 1 rings (SSSR count). The maximum Gasteiger partial charge on any atom is 0.142 e. The fourth-order valence-corrected chi connectivity index (χ4v) is 1.78. The number of hydrogen-bond donors (Lipinski definition) is 1. The van der Waals surface area contributed by atoms with Crippen LogP contribution in [0.5, 0.6) is 5.75 Å². The Morgan fingerprint density at radius 3 is 2.88 bits per heavy atom. The third-order valence-corrected chi connectivity index (χ3v) is 2.84. The minimum Gasteiger partial charge on any atom is -0.495 e. The average molecular weight is 283 g/mol. The minimum atomic E-state index is 0.160. The van der Waals surface area contributed by atoms with E-state index in [9.17, 15) is 0 Å². The Balaban J connectivity index is 2.85. The van der Waals surface area contributed by atoms with Gasteiger partial charge in [0.15, 0.2) is 0 Å². The summed E-state index contributed by atoms with van der Waals surface area (Å²) in [6.07, 6.45) is 1.40. The number of nitriles is 1. The molecule has 0 saturated carbocycles. The van der Waals surface area contributed by atoms with E-state index in [0.29, 0.717) is 6.42 Å². The SMILES string of the molecule is CCC(CC#N)Nc1cc(Br)ccc1OC. The van der Waals surface area contributed by atoms with Crippen molar-refractivity contribution in [3.63, 3.8) is 0 Å². The Morgan fingerprint density at radius 2 is 2.31 bits per heavy atom. The van der Waals surface area contributed by atoms with E-state index in [-0.39, 0.29) is 6.04 Å². The number of hydrogen-bond acceptors (Lipinski definition) is 3. The molecular weight excluding hydrogens is 268 g/mol. The van der Waals surface area contributed by atoms with Crippen molar-refractivity contribution in [3.8, 4) is 11.8 Å². The molecule has 0 aromatic heterocycles. The van der Waals surface area contributed by atoms with Gasteiger partial charge in [0.25, 0.3) is 0 Å². The largest absolute Gasteiger partial charge is 0.495 e. The molecule has 16 heavy (non-hydrogen) atoms. The van der Waals surface area contributed by atoms with Gasteiger partial charge in [-0.25, -0.2) is 0 Å². The summed E-state index contributed by atoms with van der Waals surface area (Å²) in [7, 11) is 1.64. The smallest absolute Gasteiger partial charge is 0.142 e. The summed E-state index contributed by atoms with van der Waals surface area (Å²) in [4.78, 5) is 0. The van der Waals surface area contributed by atoms with Crippen LogP contribution in [0.2, 0.25) is 0 Å². The van der Waals surface area contributed by atoms with Crippen LogP contribution >= 0.6 is 15.9 Å². The number of rotatable bonds is 5. The van der Waals surface area contributed by atoms with Crippen LogP contribution in [-0.4, -0.2) is 13.2 Å². The normalized spacial score (nSPS) is 11.6. The van der Waals surface area contributed by atoms with Gasteiger partial charge in [0.1, 0.15) is 5.75 Å². The monoisotopic (exact) mass is 282 g/mol. The van der Waals surface area contributed by atoms with Crippen LogP contribution < -0.4 is 10.1 Å². The second-order valence-corrected chi connectivity index (χ2v) is 4.37. The third kappa shape index (κ3) is 3.42. The molecule has 0 aliphatic carbocycles. The molecule has 0 radical (unpaired) electrons. The lowest BCUT2D eigenvalue weighted by Gasteiger charge is -2.17. The van der Waals surface area contributed by atoms with Gasteiger partial charge in [0.2, 0.25) is 0 Å². The van der Waals surface area contributed by atoms with Crippen LogP contribution in [0.3, 0.4) is 0 Å². The Labute approximate surface area is 105 Å². The first-order valence-electron chi connectivity index (χ1n) is 5.18. The molecule has 1 atom stereocenters. The zero-order valence-corrected chi connectivity index (χ0v) is 11.0. The summed E-state index contributed by atoms with van der Waals surface area (Å²) in [5.41, 5.74) is 0.916. The van der Waals surface area contributed by atoms with Crippen LogP contribution in [-0.2, 0) is 0 Å². The summed E-state index contributed by atoms with van der Waals surface area (Å²) in [5, 5.41) is 12.0. The second kappa shape index (κ2) is 6.39. The van der Waals surface area contributed by atoms with Crippen LogP contribution in [0, 0.1) is 11.3 Å². The first kappa shape index (κ1) is 12.9. The zero-order valence-electron chi connectivity index (χ0n) is 9.46. The molecule has 86 valence electrons. The van der Waals surface area contributed by atoms with Gasteiger partial charge < -0.3 is 10.1 Å². The second-order valence-electron chi connectivity index (χ2n) is 3.46. The summed E-state index contributed by atoms with van der Waals surface area (Å²) in [6.45, 7) is 2.06. The number of nitrogens with one attached hydrogen (secondary N) is 1. The Kier molecular flexibility index (Phi) is 5.13. The molecule has 0 spiro atoms. The standard InChI is InChI=1S/C12H15BrN2O/c1-3-10(6-7-14)15-11-8-9(13)4-5-12(11)16-2/h4-5,8,10,15H,3,6H2,1-2H3. The molecule has 1 unspecified atom stereocenters. The first-order chi connectivity index (χ1) is 7.71. The Morgan fingerprint density at radius 1 is 1.56 bits per heavy atom. The molecule has 0 amide bonds. The Hall–Kier alpha value is -1.21. The van der Waals surface area contributed by atoms with Gasteiger partial charge in [0, 0.05) is 10.5 Å². The molecule has 1 aromatic rings. The molecule has 1 aromatic carbocycles. The number of anilines is 1. The average Bonchev–Trinajstić information content (AvgIpc) is 2.29. The quantitative estimate of drug-likeness (QED) is 0.898. The van der Waals surface area contributed by atoms with Crippen molar-refractivity contribution in [2.75, 3.05) is 12.4 Å². The van der Waals surface area contributed by atoms with Crippen molar-refractivity contribution < 1.29 is 4.74 Å². The van der Waals surface area contributed by atoms with Crippen molar-refractivity contribution in [1.82, 2.24) is 0 Å². The van der Waals surface area contributed by atoms with Gasteiger partial charge in [-0.1, -0.05) is 22.9 Å². The van der Waals surface area contributed by atoms with E-state index >= 15 is 0 Å². The van der Waals surface area contributed by atoms with E-state index in [2.05, 4.69) is 34.2 Å². The van der Waals surface area contributed by atoms with Gasteiger partial charge in [-0.05, 0) is 24.6 Å². The first-order valence-corrected chi connectivity index (χ1v) is 5.97. The molecular formula is C12H15BrN2O. The van der Waals surface area contributed by atoms with Gasteiger partial charge in [-0.2, -0.15) is 5.26 Å². The highest BCUT2D eigenvalue weighted by Gasteiger charge is 2.09. The van der Waals surface area contributed by atoms with Gasteiger partial charge in [-0.3, -0.25) is 0 Å². The Bertz CT molecular complexity index is 387. The van der Waals surface area contributed by atoms with Crippen molar-refractivity contribution in [1.29, 1.82) is 5.26 Å². The highest BCUT2D eigenvalue weighted by Crippen LogP contribution is 2.29. The molecule has 4 heteroatoms. The highest BCUT2D eigenvalue weighted by atomic mass is 79.9. The molecule has 0 bridgehead atoms. The predicted molar refractivity (Wildman–Crippen MR) is 68.6 cm³/mol. The van der Waals surface area contributed by atoms with Crippen LogP contribution in [0.4, 0.5) is 5.69 Å².